The minimum Gasteiger partial charge on any atom is -0.391 e. The number of aromatic nitrogens is 1. The summed E-state index contributed by atoms with van der Waals surface area (Å²) in [5.41, 5.74) is 2.19. The van der Waals surface area contributed by atoms with Crippen molar-refractivity contribution in [2.75, 3.05) is 0 Å². The number of hydrogen-bond donors (Lipinski definition) is 2. The van der Waals surface area contributed by atoms with Crippen LogP contribution in [0.2, 0.25) is 0 Å². The van der Waals surface area contributed by atoms with Crippen LogP contribution in [0.1, 0.15) is 50.8 Å². The molecule has 96 valence electrons. The highest BCUT2D eigenvalue weighted by molar-refractivity contribution is 5.29. The van der Waals surface area contributed by atoms with E-state index >= 15 is 0 Å². The predicted octanol–water partition coefficient (Wildman–Crippen LogP) is 2.26. The number of aryl methyl sites for hydroxylation is 1. The minimum absolute atomic E-state index is 0.108. The zero-order chi connectivity index (χ0) is 12.6. The summed E-state index contributed by atoms with van der Waals surface area (Å²) in [6.45, 7) is 6.71. The molecule has 0 radical (unpaired) electrons. The number of fused-ring (bicyclic) bond motifs is 1. The van der Waals surface area contributed by atoms with E-state index in [2.05, 4.69) is 6.20 Å². The normalized spacial score (nSPS) is 22.3. The van der Waals surface area contributed by atoms with Crippen molar-refractivity contribution in [1.82, 2.24) is 4.57 Å². The highest BCUT2D eigenvalue weighted by Gasteiger charge is 2.24. The Morgan fingerprint density at radius 1 is 1.41 bits per heavy atom. The molecule has 2 atom stereocenters. The first kappa shape index (κ1) is 12.7. The van der Waals surface area contributed by atoms with Gasteiger partial charge in [-0.25, -0.2) is 0 Å². The molecule has 1 aliphatic carbocycles. The van der Waals surface area contributed by atoms with Crippen molar-refractivity contribution in [3.63, 3.8) is 0 Å². The Balaban J connectivity index is 2.13. The molecule has 17 heavy (non-hydrogen) atoms. The lowest BCUT2D eigenvalue weighted by molar-refractivity contribution is 0.0480. The number of nitrogens with zero attached hydrogens (tertiary/aromatic N) is 1. The first-order valence-electron chi connectivity index (χ1n) is 6.42. The van der Waals surface area contributed by atoms with Gasteiger partial charge < -0.3 is 14.8 Å². The minimum atomic E-state index is -0.367. The van der Waals surface area contributed by atoms with Crippen LogP contribution in [-0.4, -0.2) is 20.9 Å². The number of rotatable bonds is 2. The molecular formula is C14H23NO2. The average Bonchev–Trinajstić information content (AvgIpc) is 2.60. The Bertz CT molecular complexity index is 389. The predicted molar refractivity (Wildman–Crippen MR) is 67.8 cm³/mol. The average molecular weight is 237 g/mol. The van der Waals surface area contributed by atoms with Gasteiger partial charge in [-0.05, 0) is 30.2 Å². The van der Waals surface area contributed by atoms with Gasteiger partial charge in [0, 0.05) is 24.5 Å². The Labute approximate surface area is 103 Å². The third kappa shape index (κ3) is 2.72. The van der Waals surface area contributed by atoms with Crippen molar-refractivity contribution in [2.45, 2.75) is 58.8 Å². The first-order valence-corrected chi connectivity index (χ1v) is 6.42. The molecular weight excluding hydrogens is 214 g/mol. The maximum atomic E-state index is 10.1. The second kappa shape index (κ2) is 4.46. The molecule has 1 heterocycles. The monoisotopic (exact) mass is 237 g/mol. The highest BCUT2D eigenvalue weighted by Crippen LogP contribution is 2.31. The molecule has 2 unspecified atom stereocenters. The van der Waals surface area contributed by atoms with Crippen LogP contribution in [0.5, 0.6) is 0 Å². The van der Waals surface area contributed by atoms with E-state index in [-0.39, 0.29) is 17.6 Å². The van der Waals surface area contributed by atoms with Gasteiger partial charge in [0.15, 0.2) is 0 Å². The van der Waals surface area contributed by atoms with Crippen molar-refractivity contribution in [3.8, 4) is 0 Å². The summed E-state index contributed by atoms with van der Waals surface area (Å²) in [6, 6.07) is 0. The molecule has 2 N–H and O–H groups in total. The molecule has 3 heteroatoms. The molecule has 1 aromatic heterocycles. The second-order valence-electron chi connectivity index (χ2n) is 6.23. The topological polar surface area (TPSA) is 45.4 Å². The molecule has 0 spiro atoms. The lowest BCUT2D eigenvalue weighted by Crippen LogP contribution is -2.30. The summed E-state index contributed by atoms with van der Waals surface area (Å²) in [7, 11) is 0. The van der Waals surface area contributed by atoms with E-state index in [1.807, 2.05) is 31.5 Å². The van der Waals surface area contributed by atoms with Crippen molar-refractivity contribution >= 4 is 0 Å². The molecule has 0 fully saturated rings. The molecule has 0 saturated heterocycles. The van der Waals surface area contributed by atoms with Crippen LogP contribution < -0.4 is 0 Å². The fourth-order valence-corrected chi connectivity index (χ4v) is 2.30. The van der Waals surface area contributed by atoms with E-state index in [0.717, 1.165) is 24.8 Å². The van der Waals surface area contributed by atoms with Crippen LogP contribution in [0.3, 0.4) is 0 Å². The Morgan fingerprint density at radius 3 is 2.71 bits per heavy atom. The summed E-state index contributed by atoms with van der Waals surface area (Å²) in [6.07, 6.45) is 6.35. The molecule has 2 rings (SSSR count). The van der Waals surface area contributed by atoms with Gasteiger partial charge in [-0.15, -0.1) is 0 Å². The largest absolute Gasteiger partial charge is 0.391 e. The van der Waals surface area contributed by atoms with E-state index in [1.54, 1.807) is 0 Å². The molecule has 0 aliphatic heterocycles. The van der Waals surface area contributed by atoms with Crippen molar-refractivity contribution in [1.29, 1.82) is 0 Å². The van der Waals surface area contributed by atoms with Crippen molar-refractivity contribution in [2.24, 2.45) is 5.41 Å². The zero-order valence-corrected chi connectivity index (χ0v) is 11.0. The van der Waals surface area contributed by atoms with Crippen LogP contribution in [0.15, 0.2) is 12.4 Å². The van der Waals surface area contributed by atoms with Gasteiger partial charge in [0.1, 0.15) is 0 Å². The maximum absolute atomic E-state index is 10.1. The molecule has 0 aromatic carbocycles. The first-order chi connectivity index (χ1) is 7.88. The molecule has 0 saturated carbocycles. The van der Waals surface area contributed by atoms with Gasteiger partial charge >= 0.3 is 0 Å². The highest BCUT2D eigenvalue weighted by atomic mass is 16.3. The second-order valence-corrected chi connectivity index (χ2v) is 6.23. The van der Waals surface area contributed by atoms with Crippen LogP contribution in [0.25, 0.3) is 0 Å². The molecule has 1 aromatic rings. The van der Waals surface area contributed by atoms with Gasteiger partial charge in [-0.1, -0.05) is 20.8 Å². The van der Waals surface area contributed by atoms with E-state index in [9.17, 15) is 10.2 Å². The SMILES string of the molecule is CC(C)(C)C(O)Cn1cc2c(c1)C(O)CCC2. The Hall–Kier alpha value is -0.800. The van der Waals surface area contributed by atoms with Gasteiger partial charge in [0.2, 0.25) is 0 Å². The van der Waals surface area contributed by atoms with Gasteiger partial charge in [-0.2, -0.15) is 0 Å². The molecule has 0 bridgehead atoms. The maximum Gasteiger partial charge on any atom is 0.0807 e. The van der Waals surface area contributed by atoms with Crippen LogP contribution in [-0.2, 0) is 13.0 Å². The molecule has 1 aliphatic rings. The number of hydrogen-bond acceptors (Lipinski definition) is 2. The van der Waals surface area contributed by atoms with E-state index < -0.39 is 0 Å². The van der Waals surface area contributed by atoms with Crippen molar-refractivity contribution < 1.29 is 10.2 Å². The van der Waals surface area contributed by atoms with Gasteiger partial charge in [0.25, 0.3) is 0 Å². The van der Waals surface area contributed by atoms with E-state index in [0.29, 0.717) is 6.54 Å². The summed E-state index contributed by atoms with van der Waals surface area (Å²) >= 11 is 0. The molecule has 0 amide bonds. The fourth-order valence-electron chi connectivity index (χ4n) is 2.30. The number of aliphatic hydroxyl groups is 2. The van der Waals surface area contributed by atoms with Gasteiger partial charge in [0.05, 0.1) is 12.2 Å². The fraction of sp³-hybridized carbons (Fsp3) is 0.714. The Morgan fingerprint density at radius 2 is 2.12 bits per heavy atom. The summed E-state index contributed by atoms with van der Waals surface area (Å²) < 4.78 is 2.02. The summed E-state index contributed by atoms with van der Waals surface area (Å²) in [5, 5.41) is 20.0. The number of aliphatic hydroxyl groups excluding tert-OH is 2. The van der Waals surface area contributed by atoms with Crippen molar-refractivity contribution in [3.05, 3.63) is 23.5 Å². The van der Waals surface area contributed by atoms with Crippen LogP contribution in [0.4, 0.5) is 0 Å². The smallest absolute Gasteiger partial charge is 0.0807 e. The van der Waals surface area contributed by atoms with E-state index in [1.165, 1.54) is 5.56 Å². The van der Waals surface area contributed by atoms with Crippen LogP contribution >= 0.6 is 0 Å². The lowest BCUT2D eigenvalue weighted by Gasteiger charge is -2.26. The third-order valence-corrected chi connectivity index (χ3v) is 3.66. The molecule has 3 nitrogen and oxygen atoms in total. The van der Waals surface area contributed by atoms with Crippen LogP contribution in [0, 0.1) is 5.41 Å². The third-order valence-electron chi connectivity index (χ3n) is 3.66. The van der Waals surface area contributed by atoms with Gasteiger partial charge in [-0.3, -0.25) is 0 Å². The summed E-state index contributed by atoms with van der Waals surface area (Å²) in [4.78, 5) is 0. The Kier molecular flexibility index (Phi) is 3.32. The van der Waals surface area contributed by atoms with E-state index in [4.69, 9.17) is 0 Å². The zero-order valence-electron chi connectivity index (χ0n) is 11.0. The quantitative estimate of drug-likeness (QED) is 0.828. The standard InChI is InChI=1S/C14H23NO2/c1-14(2,3)13(17)9-15-7-10-5-4-6-12(16)11(10)8-15/h7-8,12-13,16-17H,4-6,9H2,1-3H3. The lowest BCUT2D eigenvalue weighted by atomic mass is 9.89. The summed E-state index contributed by atoms with van der Waals surface area (Å²) in [5.74, 6) is 0.